The number of nitrogens with zero attached hydrogens (tertiary/aromatic N) is 2. The molecule has 1 aromatic rings. The molecule has 4 nitrogen and oxygen atoms in total. The van der Waals surface area contributed by atoms with Crippen LogP contribution in [-0.4, -0.2) is 21.2 Å². The molecule has 0 unspecified atom stereocenters. The van der Waals surface area contributed by atoms with E-state index in [0.717, 1.165) is 0 Å². The van der Waals surface area contributed by atoms with Crippen LogP contribution in [0.3, 0.4) is 0 Å². The number of carbonyl (C=O) groups is 1. The number of carbonyl (C=O) groups excluding carboxylic acids is 1. The molecular weight excluding hydrogens is 132 g/mol. The molecule has 10 heavy (non-hydrogen) atoms. The molecule has 1 N–H and O–H groups in total. The monoisotopic (exact) mass is 140 g/mol. The van der Waals surface area contributed by atoms with Crippen molar-refractivity contribution < 1.29 is 9.90 Å². The van der Waals surface area contributed by atoms with Gasteiger partial charge >= 0.3 is 0 Å². The highest BCUT2D eigenvalue weighted by atomic mass is 16.3. The molecule has 0 atom stereocenters. The summed E-state index contributed by atoms with van der Waals surface area (Å²) in [6, 6.07) is 0. The Morgan fingerprint density at radius 2 is 2.60 bits per heavy atom. The fourth-order valence-electron chi connectivity index (χ4n) is 0.672. The number of rotatable bonds is 2. The van der Waals surface area contributed by atoms with Crippen LogP contribution in [0.2, 0.25) is 0 Å². The van der Waals surface area contributed by atoms with Crippen molar-refractivity contribution in [1.82, 2.24) is 9.78 Å². The zero-order chi connectivity index (χ0) is 7.56. The van der Waals surface area contributed by atoms with Gasteiger partial charge in [-0.15, -0.1) is 0 Å². The van der Waals surface area contributed by atoms with Crippen molar-refractivity contribution in [3.05, 3.63) is 11.9 Å². The first-order valence-corrected chi connectivity index (χ1v) is 2.99. The molecule has 0 bridgehead atoms. The summed E-state index contributed by atoms with van der Waals surface area (Å²) >= 11 is 0. The highest BCUT2D eigenvalue weighted by Gasteiger charge is 2.03. The number of hydrogen-bond acceptors (Lipinski definition) is 3. The summed E-state index contributed by atoms with van der Waals surface area (Å²) in [4.78, 5) is 10.1. The van der Waals surface area contributed by atoms with E-state index >= 15 is 0 Å². The van der Waals surface area contributed by atoms with Gasteiger partial charge in [-0.2, -0.15) is 5.10 Å². The van der Waals surface area contributed by atoms with E-state index in [1.54, 1.807) is 0 Å². The minimum atomic E-state index is -0.0585. The van der Waals surface area contributed by atoms with E-state index in [1.807, 2.05) is 6.92 Å². The number of aryl methyl sites for hydroxylation is 1. The van der Waals surface area contributed by atoms with Gasteiger partial charge in [-0.25, -0.2) is 0 Å². The molecule has 0 aliphatic rings. The molecule has 0 amide bonds. The second-order valence-electron chi connectivity index (χ2n) is 1.87. The van der Waals surface area contributed by atoms with Crippen LogP contribution >= 0.6 is 0 Å². The Morgan fingerprint density at radius 3 is 2.90 bits per heavy atom. The fraction of sp³-hybridized carbons (Fsp3) is 0.333. The summed E-state index contributed by atoms with van der Waals surface area (Å²) in [7, 11) is 0. The maximum atomic E-state index is 10.1. The lowest BCUT2D eigenvalue weighted by Crippen LogP contribution is -1.94. The van der Waals surface area contributed by atoms with Gasteiger partial charge in [0.2, 0.25) is 0 Å². The van der Waals surface area contributed by atoms with E-state index in [0.29, 0.717) is 12.8 Å². The Kier molecular flexibility index (Phi) is 1.71. The highest BCUT2D eigenvalue weighted by molar-refractivity contribution is 5.75. The molecule has 0 aromatic carbocycles. The van der Waals surface area contributed by atoms with E-state index in [-0.39, 0.29) is 11.4 Å². The second-order valence-corrected chi connectivity index (χ2v) is 1.87. The predicted octanol–water partition coefficient (Wildman–Crippen LogP) is 0.421. The molecule has 1 rings (SSSR count). The predicted molar refractivity (Wildman–Crippen MR) is 35.0 cm³/mol. The summed E-state index contributed by atoms with van der Waals surface area (Å²) in [5.41, 5.74) is 0.0989. The van der Waals surface area contributed by atoms with Gasteiger partial charge in [0.25, 0.3) is 0 Å². The Labute approximate surface area is 58.1 Å². The zero-order valence-corrected chi connectivity index (χ0v) is 5.61. The quantitative estimate of drug-likeness (QED) is 0.606. The minimum Gasteiger partial charge on any atom is -0.504 e. The summed E-state index contributed by atoms with van der Waals surface area (Å²) in [6.07, 6.45) is 1.95. The SMILES string of the molecule is CCn1cc(O)c(C=O)n1. The molecule has 0 saturated heterocycles. The number of aromatic hydroxyl groups is 1. The van der Waals surface area contributed by atoms with E-state index in [4.69, 9.17) is 5.11 Å². The lowest BCUT2D eigenvalue weighted by molar-refractivity contribution is 0.111. The van der Waals surface area contributed by atoms with Gasteiger partial charge in [0.05, 0.1) is 6.20 Å². The van der Waals surface area contributed by atoms with Gasteiger partial charge in [-0.3, -0.25) is 9.48 Å². The van der Waals surface area contributed by atoms with Crippen LogP contribution in [0.15, 0.2) is 6.20 Å². The van der Waals surface area contributed by atoms with Crippen molar-refractivity contribution in [2.75, 3.05) is 0 Å². The molecule has 54 valence electrons. The van der Waals surface area contributed by atoms with Crippen LogP contribution in [0.5, 0.6) is 5.75 Å². The molecule has 0 saturated carbocycles. The zero-order valence-electron chi connectivity index (χ0n) is 5.61. The Bertz CT molecular complexity index is 242. The standard InChI is InChI=1S/C6H8N2O2/c1-2-8-3-6(10)5(4-9)7-8/h3-4,10H,2H2,1H3. The summed E-state index contributed by atoms with van der Waals surface area (Å²) in [6.45, 7) is 2.53. The van der Waals surface area contributed by atoms with Crippen molar-refractivity contribution in [2.24, 2.45) is 0 Å². The average molecular weight is 140 g/mol. The van der Waals surface area contributed by atoms with Gasteiger partial charge in [0, 0.05) is 6.54 Å². The molecule has 0 spiro atoms. The topological polar surface area (TPSA) is 55.1 Å². The van der Waals surface area contributed by atoms with Gasteiger partial charge in [0.15, 0.2) is 17.7 Å². The Hall–Kier alpha value is -1.32. The van der Waals surface area contributed by atoms with Crippen LogP contribution in [0.4, 0.5) is 0 Å². The van der Waals surface area contributed by atoms with Crippen molar-refractivity contribution in [2.45, 2.75) is 13.5 Å². The molecule has 1 aromatic heterocycles. The number of hydrogen-bond donors (Lipinski definition) is 1. The lowest BCUT2D eigenvalue weighted by atomic mass is 10.4. The third-order valence-electron chi connectivity index (χ3n) is 1.21. The lowest BCUT2D eigenvalue weighted by Gasteiger charge is -1.88. The molecule has 0 aliphatic carbocycles. The van der Waals surface area contributed by atoms with Crippen LogP contribution in [0, 0.1) is 0 Å². The Morgan fingerprint density at radius 1 is 1.90 bits per heavy atom. The maximum Gasteiger partial charge on any atom is 0.174 e. The molecule has 4 heteroatoms. The molecule has 0 fully saturated rings. The Balaban J connectivity index is 3.03. The van der Waals surface area contributed by atoms with Gasteiger partial charge in [-0.05, 0) is 6.92 Å². The largest absolute Gasteiger partial charge is 0.504 e. The van der Waals surface area contributed by atoms with Crippen molar-refractivity contribution in [1.29, 1.82) is 0 Å². The van der Waals surface area contributed by atoms with Crippen molar-refractivity contribution in [3.8, 4) is 5.75 Å². The minimum absolute atomic E-state index is 0.0585. The van der Waals surface area contributed by atoms with Gasteiger partial charge in [0.1, 0.15) is 0 Å². The molecule has 0 radical (unpaired) electrons. The summed E-state index contributed by atoms with van der Waals surface area (Å²) in [5.74, 6) is -0.0585. The first-order chi connectivity index (χ1) is 4.77. The highest BCUT2D eigenvalue weighted by Crippen LogP contribution is 2.10. The van der Waals surface area contributed by atoms with Crippen LogP contribution in [0.1, 0.15) is 17.4 Å². The number of aldehydes is 1. The number of aromatic nitrogens is 2. The summed E-state index contributed by atoms with van der Waals surface area (Å²) in [5, 5.41) is 12.7. The average Bonchev–Trinajstić information content (AvgIpc) is 2.30. The van der Waals surface area contributed by atoms with Crippen LogP contribution in [-0.2, 0) is 6.54 Å². The van der Waals surface area contributed by atoms with Crippen molar-refractivity contribution >= 4 is 6.29 Å². The summed E-state index contributed by atoms with van der Waals surface area (Å²) < 4.78 is 1.50. The smallest absolute Gasteiger partial charge is 0.174 e. The van der Waals surface area contributed by atoms with Gasteiger partial charge < -0.3 is 5.11 Å². The van der Waals surface area contributed by atoms with E-state index in [1.165, 1.54) is 10.9 Å². The van der Waals surface area contributed by atoms with Crippen LogP contribution < -0.4 is 0 Å². The molecule has 0 aliphatic heterocycles. The third kappa shape index (κ3) is 1.00. The molecule has 1 heterocycles. The van der Waals surface area contributed by atoms with Crippen molar-refractivity contribution in [3.63, 3.8) is 0 Å². The van der Waals surface area contributed by atoms with E-state index in [9.17, 15) is 4.79 Å². The third-order valence-corrected chi connectivity index (χ3v) is 1.21. The van der Waals surface area contributed by atoms with E-state index in [2.05, 4.69) is 5.10 Å². The first-order valence-electron chi connectivity index (χ1n) is 2.99. The maximum absolute atomic E-state index is 10.1. The first kappa shape index (κ1) is 6.80. The fourth-order valence-corrected chi connectivity index (χ4v) is 0.672. The normalized spacial score (nSPS) is 9.70. The second kappa shape index (κ2) is 2.51. The van der Waals surface area contributed by atoms with Crippen LogP contribution in [0.25, 0.3) is 0 Å². The van der Waals surface area contributed by atoms with E-state index < -0.39 is 0 Å². The molecular formula is C6H8N2O2. The van der Waals surface area contributed by atoms with Gasteiger partial charge in [-0.1, -0.05) is 0 Å².